The minimum atomic E-state index is 0.155. The molecule has 2 heterocycles. The number of piperazine rings is 1. The van der Waals surface area contributed by atoms with Crippen LogP contribution in [-0.2, 0) is 11.3 Å². The second kappa shape index (κ2) is 6.55. The van der Waals surface area contributed by atoms with Crippen molar-refractivity contribution >= 4 is 17.5 Å². The molecule has 5 heteroatoms. The summed E-state index contributed by atoms with van der Waals surface area (Å²) in [7, 11) is 0. The highest BCUT2D eigenvalue weighted by molar-refractivity contribution is 6.30. The lowest BCUT2D eigenvalue weighted by atomic mass is 10.2. The predicted octanol–water partition coefficient (Wildman–Crippen LogP) is 3.26. The van der Waals surface area contributed by atoms with Crippen molar-refractivity contribution in [3.05, 3.63) is 47.2 Å². The van der Waals surface area contributed by atoms with Gasteiger partial charge in [0.2, 0.25) is 5.91 Å². The number of benzene rings is 1. The molecular weight excluding hydrogens is 300 g/mol. The number of amides is 1. The Balaban J connectivity index is 1.60. The normalized spacial score (nSPS) is 16.0. The Morgan fingerprint density at radius 1 is 1.09 bits per heavy atom. The van der Waals surface area contributed by atoms with Crippen LogP contribution < -0.4 is 0 Å². The molecule has 0 aliphatic carbocycles. The average molecular weight is 319 g/mol. The van der Waals surface area contributed by atoms with Gasteiger partial charge >= 0.3 is 0 Å². The van der Waals surface area contributed by atoms with Gasteiger partial charge in [-0.25, -0.2) is 0 Å². The Labute approximate surface area is 135 Å². The van der Waals surface area contributed by atoms with Gasteiger partial charge in [0, 0.05) is 43.7 Å². The van der Waals surface area contributed by atoms with Crippen LogP contribution in [0.25, 0.3) is 11.3 Å². The highest BCUT2D eigenvalue weighted by Crippen LogP contribution is 2.24. The molecule has 1 saturated heterocycles. The van der Waals surface area contributed by atoms with Gasteiger partial charge < -0.3 is 9.32 Å². The molecule has 2 aromatic rings. The van der Waals surface area contributed by atoms with E-state index >= 15 is 0 Å². The summed E-state index contributed by atoms with van der Waals surface area (Å²) in [6, 6.07) is 11.6. The number of hydrogen-bond donors (Lipinski definition) is 0. The summed E-state index contributed by atoms with van der Waals surface area (Å²) in [5.41, 5.74) is 1.03. The van der Waals surface area contributed by atoms with E-state index in [1.807, 2.05) is 41.3 Å². The Morgan fingerprint density at radius 2 is 1.77 bits per heavy atom. The zero-order valence-corrected chi connectivity index (χ0v) is 13.3. The van der Waals surface area contributed by atoms with Gasteiger partial charge in [-0.2, -0.15) is 0 Å². The fraction of sp³-hybridized carbons (Fsp3) is 0.353. The summed E-state index contributed by atoms with van der Waals surface area (Å²) in [5.74, 6) is 1.96. The first kappa shape index (κ1) is 15.1. The maximum absolute atomic E-state index is 11.3. The monoisotopic (exact) mass is 318 g/mol. The summed E-state index contributed by atoms with van der Waals surface area (Å²) in [4.78, 5) is 15.5. The standard InChI is InChI=1S/C17H19ClN2O2/c1-13(21)20-10-8-19(9-11-20)12-16-6-7-17(22-16)14-2-4-15(18)5-3-14/h2-7H,8-12H2,1H3. The highest BCUT2D eigenvalue weighted by atomic mass is 35.5. The van der Waals surface area contributed by atoms with Crippen molar-refractivity contribution in [3.63, 3.8) is 0 Å². The van der Waals surface area contributed by atoms with E-state index in [2.05, 4.69) is 4.90 Å². The molecule has 22 heavy (non-hydrogen) atoms. The molecule has 0 atom stereocenters. The van der Waals surface area contributed by atoms with Crippen molar-refractivity contribution in [2.45, 2.75) is 13.5 Å². The van der Waals surface area contributed by atoms with Gasteiger partial charge in [0.15, 0.2) is 0 Å². The quantitative estimate of drug-likeness (QED) is 0.871. The lowest BCUT2D eigenvalue weighted by Crippen LogP contribution is -2.47. The van der Waals surface area contributed by atoms with Crippen molar-refractivity contribution in [1.29, 1.82) is 0 Å². The molecule has 1 amide bonds. The van der Waals surface area contributed by atoms with Crippen LogP contribution in [0.2, 0.25) is 5.02 Å². The van der Waals surface area contributed by atoms with E-state index in [9.17, 15) is 4.79 Å². The smallest absolute Gasteiger partial charge is 0.219 e. The summed E-state index contributed by atoms with van der Waals surface area (Å²) < 4.78 is 5.92. The van der Waals surface area contributed by atoms with Gasteiger partial charge in [-0.3, -0.25) is 9.69 Å². The second-order valence-corrected chi connectivity index (χ2v) is 5.99. The molecular formula is C17H19ClN2O2. The van der Waals surface area contributed by atoms with Gasteiger partial charge in [0.1, 0.15) is 11.5 Å². The molecule has 1 aromatic carbocycles. The molecule has 1 aliphatic rings. The van der Waals surface area contributed by atoms with Crippen molar-refractivity contribution < 1.29 is 9.21 Å². The average Bonchev–Trinajstić information content (AvgIpc) is 2.97. The van der Waals surface area contributed by atoms with Crippen LogP contribution in [0, 0.1) is 0 Å². The third kappa shape index (κ3) is 3.51. The predicted molar refractivity (Wildman–Crippen MR) is 86.7 cm³/mol. The number of furan rings is 1. The van der Waals surface area contributed by atoms with E-state index in [0.717, 1.165) is 54.8 Å². The second-order valence-electron chi connectivity index (χ2n) is 5.56. The Kier molecular flexibility index (Phi) is 4.50. The van der Waals surface area contributed by atoms with E-state index in [-0.39, 0.29) is 5.91 Å². The van der Waals surface area contributed by atoms with Crippen molar-refractivity contribution in [2.75, 3.05) is 26.2 Å². The fourth-order valence-electron chi connectivity index (χ4n) is 2.67. The molecule has 0 radical (unpaired) electrons. The van der Waals surface area contributed by atoms with E-state index in [0.29, 0.717) is 0 Å². The first-order valence-corrected chi connectivity index (χ1v) is 7.82. The summed E-state index contributed by atoms with van der Waals surface area (Å²) in [6.45, 7) is 5.76. The zero-order chi connectivity index (χ0) is 15.5. The third-order valence-electron chi connectivity index (χ3n) is 3.99. The molecule has 1 fully saturated rings. The van der Waals surface area contributed by atoms with Gasteiger partial charge in [-0.05, 0) is 36.4 Å². The van der Waals surface area contributed by atoms with Crippen LogP contribution in [0.3, 0.4) is 0 Å². The van der Waals surface area contributed by atoms with Crippen molar-refractivity contribution in [1.82, 2.24) is 9.80 Å². The van der Waals surface area contributed by atoms with E-state index < -0.39 is 0 Å². The Bertz CT molecular complexity index is 643. The lowest BCUT2D eigenvalue weighted by Gasteiger charge is -2.33. The van der Waals surface area contributed by atoms with Crippen LogP contribution >= 0.6 is 11.6 Å². The van der Waals surface area contributed by atoms with Crippen LogP contribution in [0.15, 0.2) is 40.8 Å². The molecule has 116 valence electrons. The highest BCUT2D eigenvalue weighted by Gasteiger charge is 2.19. The number of rotatable bonds is 3. The van der Waals surface area contributed by atoms with Crippen LogP contribution in [0.1, 0.15) is 12.7 Å². The van der Waals surface area contributed by atoms with Gasteiger partial charge in [0.05, 0.1) is 6.54 Å². The first-order chi connectivity index (χ1) is 10.6. The molecule has 1 aliphatic heterocycles. The fourth-order valence-corrected chi connectivity index (χ4v) is 2.80. The van der Waals surface area contributed by atoms with Crippen LogP contribution in [0.4, 0.5) is 0 Å². The zero-order valence-electron chi connectivity index (χ0n) is 12.6. The molecule has 0 N–H and O–H groups in total. The maximum Gasteiger partial charge on any atom is 0.219 e. The molecule has 1 aromatic heterocycles. The summed E-state index contributed by atoms with van der Waals surface area (Å²) in [6.07, 6.45) is 0. The molecule has 0 bridgehead atoms. The largest absolute Gasteiger partial charge is 0.460 e. The summed E-state index contributed by atoms with van der Waals surface area (Å²) >= 11 is 5.90. The van der Waals surface area contributed by atoms with Crippen LogP contribution in [-0.4, -0.2) is 41.9 Å². The summed E-state index contributed by atoms with van der Waals surface area (Å²) in [5, 5.41) is 0.721. The topological polar surface area (TPSA) is 36.7 Å². The van der Waals surface area contributed by atoms with Gasteiger partial charge in [0.25, 0.3) is 0 Å². The Morgan fingerprint density at radius 3 is 2.41 bits per heavy atom. The molecule has 4 nitrogen and oxygen atoms in total. The van der Waals surface area contributed by atoms with E-state index in [4.69, 9.17) is 16.0 Å². The SMILES string of the molecule is CC(=O)N1CCN(Cc2ccc(-c3ccc(Cl)cc3)o2)CC1. The van der Waals surface area contributed by atoms with Crippen molar-refractivity contribution in [3.8, 4) is 11.3 Å². The van der Waals surface area contributed by atoms with Crippen LogP contribution in [0.5, 0.6) is 0 Å². The van der Waals surface area contributed by atoms with E-state index in [1.165, 1.54) is 0 Å². The van der Waals surface area contributed by atoms with Gasteiger partial charge in [-0.1, -0.05) is 11.6 Å². The number of hydrogen-bond acceptors (Lipinski definition) is 3. The number of carbonyl (C=O) groups is 1. The molecule has 3 rings (SSSR count). The number of carbonyl (C=O) groups excluding carboxylic acids is 1. The molecule has 0 saturated carbocycles. The minimum Gasteiger partial charge on any atom is -0.460 e. The lowest BCUT2D eigenvalue weighted by molar-refractivity contribution is -0.130. The Hall–Kier alpha value is -1.78. The van der Waals surface area contributed by atoms with Crippen molar-refractivity contribution in [2.24, 2.45) is 0 Å². The maximum atomic E-state index is 11.3. The third-order valence-corrected chi connectivity index (χ3v) is 4.24. The first-order valence-electron chi connectivity index (χ1n) is 7.44. The number of halogens is 1. The van der Waals surface area contributed by atoms with Gasteiger partial charge in [-0.15, -0.1) is 0 Å². The molecule has 0 unspecified atom stereocenters. The number of nitrogens with zero attached hydrogens (tertiary/aromatic N) is 2. The van der Waals surface area contributed by atoms with E-state index in [1.54, 1.807) is 6.92 Å². The molecule has 0 spiro atoms. The minimum absolute atomic E-state index is 0.155.